The van der Waals surface area contributed by atoms with Crippen molar-refractivity contribution in [2.75, 3.05) is 5.32 Å². The van der Waals surface area contributed by atoms with E-state index in [0.717, 1.165) is 46.4 Å². The van der Waals surface area contributed by atoms with Gasteiger partial charge in [0, 0.05) is 29.4 Å². The standard InChI is InChI=1S/C16H15BrClN3OS/c17-13-14-16(22-15(13)9-3-4-10(9)19)11(6-12(18)21-14)20-7-8-2-1-5-23-8/h1-2,5-6,9-10H,3-4,7,19H2,(H,20,21)/t9-,10-/m0/s1. The molecule has 0 spiro atoms. The molecule has 3 N–H and O–H groups in total. The summed E-state index contributed by atoms with van der Waals surface area (Å²) in [7, 11) is 0. The minimum absolute atomic E-state index is 0.157. The van der Waals surface area contributed by atoms with Crippen molar-refractivity contribution >= 4 is 55.7 Å². The molecule has 3 heterocycles. The van der Waals surface area contributed by atoms with Crippen LogP contribution in [-0.4, -0.2) is 11.0 Å². The highest BCUT2D eigenvalue weighted by Crippen LogP contribution is 2.44. The Balaban J connectivity index is 1.73. The summed E-state index contributed by atoms with van der Waals surface area (Å²) in [5.41, 5.74) is 8.43. The molecule has 0 bridgehead atoms. The lowest BCUT2D eigenvalue weighted by Crippen LogP contribution is -2.37. The van der Waals surface area contributed by atoms with Gasteiger partial charge in [-0.15, -0.1) is 11.3 Å². The van der Waals surface area contributed by atoms with Crippen molar-refractivity contribution in [1.29, 1.82) is 0 Å². The number of hydrogen-bond donors (Lipinski definition) is 2. The quantitative estimate of drug-likeness (QED) is 0.584. The maximum atomic E-state index is 6.19. The van der Waals surface area contributed by atoms with E-state index in [0.29, 0.717) is 5.15 Å². The van der Waals surface area contributed by atoms with E-state index in [-0.39, 0.29) is 12.0 Å². The first-order chi connectivity index (χ1) is 11.1. The smallest absolute Gasteiger partial charge is 0.177 e. The van der Waals surface area contributed by atoms with E-state index < -0.39 is 0 Å². The molecule has 1 aliphatic carbocycles. The number of nitrogens with one attached hydrogen (secondary N) is 1. The SMILES string of the molecule is N[C@H]1CC[C@@H]1c1oc2c(NCc3cccs3)cc(Cl)nc2c1Br. The lowest BCUT2D eigenvalue weighted by molar-refractivity contribution is 0.301. The average Bonchev–Trinajstić information content (AvgIpc) is 3.14. The Bertz CT molecular complexity index is 849. The molecule has 1 saturated carbocycles. The number of halogens is 2. The molecule has 0 unspecified atom stereocenters. The molecule has 0 saturated heterocycles. The number of hydrogen-bond acceptors (Lipinski definition) is 5. The highest BCUT2D eigenvalue weighted by atomic mass is 79.9. The third-order valence-corrected chi connectivity index (χ3v) is 6.11. The van der Waals surface area contributed by atoms with Gasteiger partial charge in [-0.2, -0.15) is 0 Å². The van der Waals surface area contributed by atoms with Gasteiger partial charge in [-0.25, -0.2) is 4.98 Å². The van der Waals surface area contributed by atoms with Crippen LogP contribution in [0.1, 0.15) is 29.4 Å². The van der Waals surface area contributed by atoms with Crippen LogP contribution < -0.4 is 11.1 Å². The number of furan rings is 1. The zero-order valence-corrected chi connectivity index (χ0v) is 15.3. The number of rotatable bonds is 4. The van der Waals surface area contributed by atoms with Crippen LogP contribution in [0.2, 0.25) is 5.15 Å². The number of nitrogens with two attached hydrogens (primary N) is 1. The van der Waals surface area contributed by atoms with Crippen molar-refractivity contribution < 1.29 is 4.42 Å². The molecule has 0 radical (unpaired) electrons. The van der Waals surface area contributed by atoms with Gasteiger partial charge in [-0.1, -0.05) is 17.7 Å². The van der Waals surface area contributed by atoms with Crippen LogP contribution in [-0.2, 0) is 6.54 Å². The summed E-state index contributed by atoms with van der Waals surface area (Å²) in [4.78, 5) is 5.66. The summed E-state index contributed by atoms with van der Waals surface area (Å²) in [6.45, 7) is 0.726. The van der Waals surface area contributed by atoms with Crippen LogP contribution >= 0.6 is 38.9 Å². The second-order valence-electron chi connectivity index (χ2n) is 5.73. The lowest BCUT2D eigenvalue weighted by atomic mass is 9.79. The number of anilines is 1. The number of pyridine rings is 1. The van der Waals surface area contributed by atoms with Gasteiger partial charge in [-0.05, 0) is 40.2 Å². The third kappa shape index (κ3) is 2.78. The fourth-order valence-electron chi connectivity index (χ4n) is 2.84. The van der Waals surface area contributed by atoms with Gasteiger partial charge < -0.3 is 15.5 Å². The van der Waals surface area contributed by atoms with Crippen molar-refractivity contribution in [3.8, 4) is 0 Å². The lowest BCUT2D eigenvalue weighted by Gasteiger charge is -2.31. The predicted molar refractivity (Wildman–Crippen MR) is 98.3 cm³/mol. The largest absolute Gasteiger partial charge is 0.456 e. The Morgan fingerprint density at radius 2 is 2.35 bits per heavy atom. The van der Waals surface area contributed by atoms with Crippen molar-refractivity contribution in [2.45, 2.75) is 31.3 Å². The van der Waals surface area contributed by atoms with Crippen molar-refractivity contribution in [1.82, 2.24) is 4.98 Å². The van der Waals surface area contributed by atoms with Crippen LogP contribution in [0.5, 0.6) is 0 Å². The Hall–Kier alpha value is -1.08. The molecule has 23 heavy (non-hydrogen) atoms. The van der Waals surface area contributed by atoms with Gasteiger partial charge in [0.1, 0.15) is 16.4 Å². The zero-order chi connectivity index (χ0) is 16.0. The molecule has 4 rings (SSSR count). The third-order valence-electron chi connectivity index (χ3n) is 4.28. The van der Waals surface area contributed by atoms with Gasteiger partial charge in [-0.3, -0.25) is 0 Å². The first kappa shape index (κ1) is 15.4. The molecule has 0 aliphatic heterocycles. The Morgan fingerprint density at radius 3 is 3.00 bits per heavy atom. The molecule has 3 aromatic rings. The number of fused-ring (bicyclic) bond motifs is 1. The van der Waals surface area contributed by atoms with Crippen molar-refractivity contribution in [3.63, 3.8) is 0 Å². The van der Waals surface area contributed by atoms with E-state index in [1.807, 2.05) is 6.07 Å². The summed E-state index contributed by atoms with van der Waals surface area (Å²) < 4.78 is 6.99. The molecule has 3 aromatic heterocycles. The molecular formula is C16H15BrClN3OS. The molecule has 2 atom stereocenters. The van der Waals surface area contributed by atoms with E-state index in [2.05, 4.69) is 37.7 Å². The first-order valence-electron chi connectivity index (χ1n) is 7.43. The Morgan fingerprint density at radius 1 is 1.48 bits per heavy atom. The van der Waals surface area contributed by atoms with Crippen LogP contribution in [0.4, 0.5) is 5.69 Å². The average molecular weight is 413 g/mol. The monoisotopic (exact) mass is 411 g/mol. The minimum Gasteiger partial charge on any atom is -0.456 e. The van der Waals surface area contributed by atoms with Gasteiger partial charge in [0.25, 0.3) is 0 Å². The molecular weight excluding hydrogens is 398 g/mol. The van der Waals surface area contributed by atoms with Crippen LogP contribution in [0.3, 0.4) is 0 Å². The van der Waals surface area contributed by atoms with Crippen LogP contribution in [0, 0.1) is 0 Å². The number of aromatic nitrogens is 1. The fraction of sp³-hybridized carbons (Fsp3) is 0.312. The predicted octanol–water partition coefficient (Wildman–Crippen LogP) is 5.12. The van der Waals surface area contributed by atoms with E-state index in [9.17, 15) is 0 Å². The van der Waals surface area contributed by atoms with Crippen LogP contribution in [0.15, 0.2) is 32.5 Å². The second kappa shape index (κ2) is 6.09. The fourth-order valence-corrected chi connectivity index (χ4v) is 4.32. The minimum atomic E-state index is 0.157. The van der Waals surface area contributed by atoms with Crippen molar-refractivity contribution in [2.24, 2.45) is 5.73 Å². The van der Waals surface area contributed by atoms with E-state index in [1.54, 1.807) is 17.4 Å². The summed E-state index contributed by atoms with van der Waals surface area (Å²) in [6, 6.07) is 6.09. The van der Waals surface area contributed by atoms with E-state index in [1.165, 1.54) is 4.88 Å². The van der Waals surface area contributed by atoms with Gasteiger partial charge in [0.15, 0.2) is 5.58 Å². The highest BCUT2D eigenvalue weighted by Gasteiger charge is 2.34. The molecule has 4 nitrogen and oxygen atoms in total. The van der Waals surface area contributed by atoms with Crippen molar-refractivity contribution in [3.05, 3.63) is 43.8 Å². The maximum Gasteiger partial charge on any atom is 0.177 e. The highest BCUT2D eigenvalue weighted by molar-refractivity contribution is 9.10. The molecule has 1 aliphatic rings. The summed E-state index contributed by atoms with van der Waals surface area (Å²) in [5, 5.41) is 5.90. The van der Waals surface area contributed by atoms with Gasteiger partial charge >= 0.3 is 0 Å². The van der Waals surface area contributed by atoms with Gasteiger partial charge in [0.2, 0.25) is 0 Å². The summed E-state index contributed by atoms with van der Waals surface area (Å²) in [6.07, 6.45) is 2.08. The Labute approximate surface area is 151 Å². The van der Waals surface area contributed by atoms with Gasteiger partial charge in [0.05, 0.1) is 10.2 Å². The normalized spacial score (nSPS) is 20.7. The summed E-state index contributed by atoms with van der Waals surface area (Å²) >= 11 is 11.5. The molecule has 1 fully saturated rings. The molecule has 120 valence electrons. The maximum absolute atomic E-state index is 6.19. The van der Waals surface area contributed by atoms with E-state index in [4.69, 9.17) is 21.8 Å². The summed E-state index contributed by atoms with van der Waals surface area (Å²) in [5.74, 6) is 1.13. The topological polar surface area (TPSA) is 64.1 Å². The number of nitrogens with zero attached hydrogens (tertiary/aromatic N) is 1. The Kier molecular flexibility index (Phi) is 4.09. The number of thiophene rings is 1. The second-order valence-corrected chi connectivity index (χ2v) is 7.94. The first-order valence-corrected chi connectivity index (χ1v) is 9.49. The van der Waals surface area contributed by atoms with Crippen LogP contribution in [0.25, 0.3) is 11.1 Å². The molecule has 7 heteroatoms. The van der Waals surface area contributed by atoms with E-state index >= 15 is 0 Å². The molecule has 0 aromatic carbocycles. The molecule has 0 amide bonds. The zero-order valence-electron chi connectivity index (χ0n) is 12.2.